The van der Waals surface area contributed by atoms with Crippen LogP contribution in [0, 0.1) is 13.8 Å². The van der Waals surface area contributed by atoms with Gasteiger partial charge >= 0.3 is 0 Å². The first kappa shape index (κ1) is 17.9. The van der Waals surface area contributed by atoms with E-state index in [9.17, 15) is 4.79 Å². The molecule has 24 heavy (non-hydrogen) atoms. The highest BCUT2D eigenvalue weighted by Gasteiger charge is 2.06. The van der Waals surface area contributed by atoms with E-state index in [0.717, 1.165) is 26.9 Å². The van der Waals surface area contributed by atoms with E-state index in [0.29, 0.717) is 0 Å². The topological polar surface area (TPSA) is 50.7 Å². The molecule has 0 atom stereocenters. The Morgan fingerprint density at radius 3 is 2.46 bits per heavy atom. The normalized spacial score (nSPS) is 11.5. The molecule has 0 radical (unpaired) electrons. The molecule has 124 valence electrons. The number of carbonyl (C=O) groups excluding carboxylic acids is 1. The summed E-state index contributed by atoms with van der Waals surface area (Å²) in [5, 5.41) is 3.90. The maximum absolute atomic E-state index is 11.8. The summed E-state index contributed by atoms with van der Waals surface area (Å²) < 4.78 is 6.32. The highest BCUT2D eigenvalue weighted by Crippen LogP contribution is 2.21. The van der Waals surface area contributed by atoms with E-state index < -0.39 is 0 Å². The first-order valence-corrected chi connectivity index (χ1v) is 8.28. The van der Waals surface area contributed by atoms with Crippen molar-refractivity contribution in [2.24, 2.45) is 5.10 Å². The molecule has 0 heterocycles. The van der Waals surface area contributed by atoms with Gasteiger partial charge in [-0.3, -0.25) is 4.79 Å². The molecule has 0 aliphatic carbocycles. The maximum Gasteiger partial charge on any atom is 0.277 e. The third-order valence-electron chi connectivity index (χ3n) is 3.24. The molecule has 4 nitrogen and oxygen atoms in total. The Morgan fingerprint density at radius 2 is 1.79 bits per heavy atom. The summed E-state index contributed by atoms with van der Waals surface area (Å²) >= 11 is 3.39. The number of allylic oxidation sites excluding steroid dienone is 1. The van der Waals surface area contributed by atoms with Crippen LogP contribution in [0.5, 0.6) is 5.75 Å². The fourth-order valence-electron chi connectivity index (χ4n) is 2.11. The minimum atomic E-state index is -0.311. The molecule has 0 unspecified atom stereocenters. The lowest BCUT2D eigenvalue weighted by atomic mass is 10.1. The van der Waals surface area contributed by atoms with E-state index in [1.165, 1.54) is 6.21 Å². The molecule has 0 aromatic heterocycles. The summed E-state index contributed by atoms with van der Waals surface area (Å²) in [4.78, 5) is 11.8. The van der Waals surface area contributed by atoms with Crippen LogP contribution >= 0.6 is 15.9 Å². The van der Waals surface area contributed by atoms with Gasteiger partial charge in [0.2, 0.25) is 0 Å². The molecule has 2 aromatic rings. The molecule has 0 spiro atoms. The SMILES string of the molecule is Cc1cccc(C)c1OCC(=O)NN=CC(Br)=Cc1ccccc1. The Labute approximate surface area is 150 Å². The number of carbonyl (C=O) groups is 1. The lowest BCUT2D eigenvalue weighted by molar-refractivity contribution is -0.123. The van der Waals surface area contributed by atoms with Crippen LogP contribution in [-0.2, 0) is 4.79 Å². The lowest BCUT2D eigenvalue weighted by Crippen LogP contribution is -2.24. The van der Waals surface area contributed by atoms with Crippen molar-refractivity contribution in [1.82, 2.24) is 5.43 Å². The van der Waals surface area contributed by atoms with Crippen LogP contribution < -0.4 is 10.2 Å². The number of hydrazone groups is 1. The monoisotopic (exact) mass is 386 g/mol. The second-order valence-electron chi connectivity index (χ2n) is 5.24. The number of amides is 1. The van der Waals surface area contributed by atoms with Gasteiger partial charge in [0, 0.05) is 4.48 Å². The van der Waals surface area contributed by atoms with Crippen molar-refractivity contribution in [2.45, 2.75) is 13.8 Å². The van der Waals surface area contributed by atoms with Gasteiger partial charge in [0.25, 0.3) is 5.91 Å². The zero-order valence-electron chi connectivity index (χ0n) is 13.6. The molecule has 0 saturated carbocycles. The van der Waals surface area contributed by atoms with Crippen LogP contribution in [0.1, 0.15) is 16.7 Å². The van der Waals surface area contributed by atoms with E-state index >= 15 is 0 Å². The number of hydrogen-bond donors (Lipinski definition) is 1. The largest absolute Gasteiger partial charge is 0.483 e. The minimum absolute atomic E-state index is 0.0803. The van der Waals surface area contributed by atoms with Gasteiger partial charge in [-0.25, -0.2) is 5.43 Å². The molecule has 5 heteroatoms. The predicted octanol–water partition coefficient (Wildman–Crippen LogP) is 4.22. The highest BCUT2D eigenvalue weighted by molar-refractivity contribution is 9.12. The summed E-state index contributed by atoms with van der Waals surface area (Å²) in [5.74, 6) is 0.427. The van der Waals surface area contributed by atoms with E-state index in [1.807, 2.05) is 68.5 Å². The fourth-order valence-corrected chi connectivity index (χ4v) is 2.48. The van der Waals surface area contributed by atoms with Crippen molar-refractivity contribution in [3.8, 4) is 5.75 Å². The van der Waals surface area contributed by atoms with Crippen molar-refractivity contribution < 1.29 is 9.53 Å². The van der Waals surface area contributed by atoms with Crippen LogP contribution in [0.15, 0.2) is 58.1 Å². The van der Waals surface area contributed by atoms with E-state index in [2.05, 4.69) is 26.5 Å². The van der Waals surface area contributed by atoms with E-state index in [4.69, 9.17) is 4.74 Å². The number of halogens is 1. The van der Waals surface area contributed by atoms with Crippen molar-refractivity contribution in [3.05, 3.63) is 69.7 Å². The Hall–Kier alpha value is -2.40. The van der Waals surface area contributed by atoms with Gasteiger partial charge in [0.05, 0.1) is 6.21 Å². The lowest BCUT2D eigenvalue weighted by Gasteiger charge is -2.10. The minimum Gasteiger partial charge on any atom is -0.483 e. The average molecular weight is 387 g/mol. The van der Waals surface area contributed by atoms with Gasteiger partial charge in [-0.1, -0.05) is 48.5 Å². The average Bonchev–Trinajstić information content (AvgIpc) is 2.55. The van der Waals surface area contributed by atoms with Gasteiger partial charge in [-0.05, 0) is 52.5 Å². The smallest absolute Gasteiger partial charge is 0.277 e. The van der Waals surface area contributed by atoms with Crippen molar-refractivity contribution in [3.63, 3.8) is 0 Å². The van der Waals surface area contributed by atoms with Gasteiger partial charge in [-0.2, -0.15) is 5.10 Å². The van der Waals surface area contributed by atoms with Gasteiger partial charge < -0.3 is 4.74 Å². The van der Waals surface area contributed by atoms with Crippen LogP contribution in [0.3, 0.4) is 0 Å². The second-order valence-corrected chi connectivity index (χ2v) is 6.16. The van der Waals surface area contributed by atoms with Gasteiger partial charge in [-0.15, -0.1) is 0 Å². The van der Waals surface area contributed by atoms with Gasteiger partial charge in [0.1, 0.15) is 5.75 Å². The molecular formula is C19H19BrN2O2. The summed E-state index contributed by atoms with van der Waals surface area (Å²) in [6.45, 7) is 3.82. The fraction of sp³-hybridized carbons (Fsp3) is 0.158. The molecule has 2 rings (SSSR count). The molecule has 0 bridgehead atoms. The number of nitrogens with zero attached hydrogens (tertiary/aromatic N) is 1. The number of aryl methyl sites for hydroxylation is 2. The number of rotatable bonds is 6. The number of hydrogen-bond acceptors (Lipinski definition) is 3. The first-order valence-electron chi connectivity index (χ1n) is 7.49. The Kier molecular flexibility index (Phi) is 6.75. The summed E-state index contributed by atoms with van der Waals surface area (Å²) in [6, 6.07) is 15.7. The Morgan fingerprint density at radius 1 is 1.12 bits per heavy atom. The van der Waals surface area contributed by atoms with Crippen LogP contribution in [0.2, 0.25) is 0 Å². The van der Waals surface area contributed by atoms with Crippen molar-refractivity contribution >= 4 is 34.1 Å². The molecule has 1 amide bonds. The highest BCUT2D eigenvalue weighted by atomic mass is 79.9. The summed E-state index contributed by atoms with van der Waals surface area (Å²) in [5.41, 5.74) is 5.49. The second kappa shape index (κ2) is 9.03. The zero-order valence-corrected chi connectivity index (χ0v) is 15.2. The van der Waals surface area contributed by atoms with E-state index in [-0.39, 0.29) is 12.5 Å². The number of benzene rings is 2. The molecular weight excluding hydrogens is 368 g/mol. The number of nitrogens with one attached hydrogen (secondary N) is 1. The Bertz CT molecular complexity index is 735. The summed E-state index contributed by atoms with van der Waals surface area (Å²) in [7, 11) is 0. The van der Waals surface area contributed by atoms with E-state index in [1.54, 1.807) is 0 Å². The third-order valence-corrected chi connectivity index (χ3v) is 3.67. The van der Waals surface area contributed by atoms with Crippen LogP contribution in [0.4, 0.5) is 0 Å². The van der Waals surface area contributed by atoms with Gasteiger partial charge in [0.15, 0.2) is 6.61 Å². The standard InChI is InChI=1S/C19H19BrN2O2/c1-14-7-6-8-15(2)19(14)24-13-18(23)22-21-12-17(20)11-16-9-4-3-5-10-16/h3-12H,13H2,1-2H3,(H,22,23). The number of ether oxygens (including phenoxy) is 1. The maximum atomic E-state index is 11.8. The third kappa shape index (κ3) is 5.66. The molecule has 2 aromatic carbocycles. The molecule has 0 aliphatic heterocycles. The quantitative estimate of drug-likeness (QED) is 0.596. The summed E-state index contributed by atoms with van der Waals surface area (Å²) in [6.07, 6.45) is 3.44. The molecule has 0 saturated heterocycles. The molecule has 0 fully saturated rings. The Balaban J connectivity index is 1.84. The molecule has 1 N–H and O–H groups in total. The van der Waals surface area contributed by atoms with Crippen molar-refractivity contribution in [1.29, 1.82) is 0 Å². The zero-order chi connectivity index (χ0) is 17.4. The number of para-hydroxylation sites is 1. The van der Waals surface area contributed by atoms with Crippen LogP contribution in [-0.4, -0.2) is 18.7 Å². The first-order chi connectivity index (χ1) is 11.6. The van der Waals surface area contributed by atoms with Crippen molar-refractivity contribution in [2.75, 3.05) is 6.61 Å². The van der Waals surface area contributed by atoms with Crippen LogP contribution in [0.25, 0.3) is 6.08 Å². The molecule has 0 aliphatic rings. The predicted molar refractivity (Wildman–Crippen MR) is 101 cm³/mol.